The maximum absolute atomic E-state index is 13.1. The van der Waals surface area contributed by atoms with E-state index in [1.807, 2.05) is 13.0 Å². The molecule has 0 aliphatic rings. The van der Waals surface area contributed by atoms with Gasteiger partial charge in [0, 0.05) is 26.1 Å². The molecule has 0 fully saturated rings. The normalized spacial score (nSPS) is 12.4. The maximum atomic E-state index is 13.1. The summed E-state index contributed by atoms with van der Waals surface area (Å²) in [6.45, 7) is 5.29. The Kier molecular flexibility index (Phi) is 10.1. The van der Waals surface area contributed by atoms with Gasteiger partial charge in [0.05, 0.1) is 6.61 Å². The summed E-state index contributed by atoms with van der Waals surface area (Å²) in [7, 11) is -2.51. The fourth-order valence-electron chi connectivity index (χ4n) is 3.37. The number of rotatable bonds is 13. The van der Waals surface area contributed by atoms with Crippen LogP contribution in [-0.4, -0.2) is 39.5 Å². The number of methoxy groups -OCH3 is 1. The standard InChI is InChI=1S/C24H32FNO5S/c1-4-6-9-20(5-2)24(27)26(15-16-30-3)18-19-8-7-10-22(17-19)31-32(28,29)23-13-11-21(25)12-14-23/h7-8,10-14,17,20H,4-6,9,15-16,18H2,1-3H3/t20-/m1/s1. The molecule has 0 saturated carbocycles. The topological polar surface area (TPSA) is 72.9 Å². The summed E-state index contributed by atoms with van der Waals surface area (Å²) in [6.07, 6.45) is 3.63. The minimum Gasteiger partial charge on any atom is -0.383 e. The first-order chi connectivity index (χ1) is 15.3. The molecule has 0 aromatic heterocycles. The first-order valence-corrected chi connectivity index (χ1v) is 12.3. The lowest BCUT2D eigenvalue weighted by Crippen LogP contribution is -2.37. The molecule has 2 aromatic carbocycles. The first kappa shape index (κ1) is 25.8. The Morgan fingerprint density at radius 1 is 1.12 bits per heavy atom. The van der Waals surface area contributed by atoms with Crippen molar-refractivity contribution in [2.24, 2.45) is 5.92 Å². The fourth-order valence-corrected chi connectivity index (χ4v) is 4.29. The van der Waals surface area contributed by atoms with Gasteiger partial charge in [-0.25, -0.2) is 4.39 Å². The SMILES string of the molecule is CCCC[C@@H](CC)C(=O)N(CCOC)Cc1cccc(OS(=O)(=O)c2ccc(F)cc2)c1. The molecule has 0 aliphatic carbocycles. The maximum Gasteiger partial charge on any atom is 0.339 e. The molecular weight excluding hydrogens is 433 g/mol. The van der Waals surface area contributed by atoms with Crippen molar-refractivity contribution >= 4 is 16.0 Å². The highest BCUT2D eigenvalue weighted by Crippen LogP contribution is 2.22. The zero-order valence-electron chi connectivity index (χ0n) is 18.9. The molecule has 0 aliphatic heterocycles. The lowest BCUT2D eigenvalue weighted by Gasteiger charge is -2.27. The summed E-state index contributed by atoms with van der Waals surface area (Å²) in [5, 5.41) is 0. The minimum atomic E-state index is -4.10. The molecular formula is C24H32FNO5S. The van der Waals surface area contributed by atoms with Gasteiger partial charge in [-0.1, -0.05) is 38.8 Å². The Labute approximate surface area is 190 Å². The molecule has 2 rings (SSSR count). The van der Waals surface area contributed by atoms with Gasteiger partial charge in [-0.2, -0.15) is 8.42 Å². The molecule has 2 aromatic rings. The van der Waals surface area contributed by atoms with Crippen molar-refractivity contribution in [1.29, 1.82) is 0 Å². The van der Waals surface area contributed by atoms with Crippen LogP contribution >= 0.6 is 0 Å². The average molecular weight is 466 g/mol. The van der Waals surface area contributed by atoms with Gasteiger partial charge in [0.1, 0.15) is 16.5 Å². The molecule has 0 N–H and O–H groups in total. The highest BCUT2D eigenvalue weighted by molar-refractivity contribution is 7.87. The van der Waals surface area contributed by atoms with Gasteiger partial charge in [-0.3, -0.25) is 4.79 Å². The Bertz CT molecular complexity index is 963. The smallest absolute Gasteiger partial charge is 0.339 e. The van der Waals surface area contributed by atoms with Crippen LogP contribution in [0.25, 0.3) is 0 Å². The summed E-state index contributed by atoms with van der Waals surface area (Å²) in [4.78, 5) is 14.7. The third-order valence-corrected chi connectivity index (χ3v) is 6.47. The van der Waals surface area contributed by atoms with Gasteiger partial charge in [-0.05, 0) is 54.8 Å². The van der Waals surface area contributed by atoms with Crippen LogP contribution in [0.2, 0.25) is 0 Å². The Morgan fingerprint density at radius 2 is 1.84 bits per heavy atom. The van der Waals surface area contributed by atoms with Crippen LogP contribution in [0.5, 0.6) is 5.75 Å². The van der Waals surface area contributed by atoms with Gasteiger partial charge in [0.2, 0.25) is 5.91 Å². The van der Waals surface area contributed by atoms with Crippen molar-refractivity contribution in [2.45, 2.75) is 51.0 Å². The summed E-state index contributed by atoms with van der Waals surface area (Å²) in [5.74, 6) is -0.381. The third-order valence-electron chi connectivity index (χ3n) is 5.21. The molecule has 0 saturated heterocycles. The Morgan fingerprint density at radius 3 is 2.47 bits per heavy atom. The Balaban J connectivity index is 2.18. The summed E-state index contributed by atoms with van der Waals surface area (Å²) in [5.41, 5.74) is 0.742. The highest BCUT2D eigenvalue weighted by Gasteiger charge is 2.23. The quantitative estimate of drug-likeness (QED) is 0.398. The molecule has 1 amide bonds. The summed E-state index contributed by atoms with van der Waals surface area (Å²) in [6, 6.07) is 11.1. The van der Waals surface area contributed by atoms with E-state index < -0.39 is 15.9 Å². The molecule has 176 valence electrons. The first-order valence-electron chi connectivity index (χ1n) is 10.9. The lowest BCUT2D eigenvalue weighted by molar-refractivity contribution is -0.137. The van der Waals surface area contributed by atoms with Gasteiger partial charge in [0.25, 0.3) is 0 Å². The monoisotopic (exact) mass is 465 g/mol. The van der Waals surface area contributed by atoms with Crippen molar-refractivity contribution in [3.8, 4) is 5.75 Å². The minimum absolute atomic E-state index is 0.0508. The van der Waals surface area contributed by atoms with Crippen LogP contribution in [0.3, 0.4) is 0 Å². The van der Waals surface area contributed by atoms with Crippen LogP contribution < -0.4 is 4.18 Å². The van der Waals surface area contributed by atoms with Crippen LogP contribution in [0.4, 0.5) is 4.39 Å². The number of benzene rings is 2. The van der Waals surface area contributed by atoms with E-state index in [4.69, 9.17) is 8.92 Å². The predicted molar refractivity (Wildman–Crippen MR) is 121 cm³/mol. The summed E-state index contributed by atoms with van der Waals surface area (Å²) < 4.78 is 48.5. The fraction of sp³-hybridized carbons (Fsp3) is 0.458. The van der Waals surface area contributed by atoms with Crippen molar-refractivity contribution in [3.63, 3.8) is 0 Å². The molecule has 0 spiro atoms. The van der Waals surface area contributed by atoms with Gasteiger partial charge in [-0.15, -0.1) is 0 Å². The van der Waals surface area contributed by atoms with Crippen LogP contribution in [-0.2, 0) is 26.2 Å². The van der Waals surface area contributed by atoms with Crippen molar-refractivity contribution in [1.82, 2.24) is 4.90 Å². The van der Waals surface area contributed by atoms with E-state index in [-0.39, 0.29) is 22.5 Å². The summed E-state index contributed by atoms with van der Waals surface area (Å²) >= 11 is 0. The van der Waals surface area contributed by atoms with Gasteiger partial charge in [0.15, 0.2) is 0 Å². The number of ether oxygens (including phenoxy) is 1. The number of hydrogen-bond acceptors (Lipinski definition) is 5. The molecule has 0 bridgehead atoms. The van der Waals surface area contributed by atoms with Gasteiger partial charge < -0.3 is 13.8 Å². The average Bonchev–Trinajstić information content (AvgIpc) is 2.77. The number of amides is 1. The number of carbonyl (C=O) groups is 1. The van der Waals surface area contributed by atoms with E-state index in [1.54, 1.807) is 24.1 Å². The molecule has 0 heterocycles. The molecule has 32 heavy (non-hydrogen) atoms. The van der Waals surface area contributed by atoms with E-state index in [1.165, 1.54) is 6.07 Å². The number of carbonyl (C=O) groups excluding carboxylic acids is 1. The second-order valence-corrected chi connectivity index (χ2v) is 9.19. The second kappa shape index (κ2) is 12.6. The van der Waals surface area contributed by atoms with Crippen LogP contribution in [0, 0.1) is 11.7 Å². The van der Waals surface area contributed by atoms with Crippen LogP contribution in [0.15, 0.2) is 53.4 Å². The number of nitrogens with zero attached hydrogens (tertiary/aromatic N) is 1. The highest BCUT2D eigenvalue weighted by atomic mass is 32.2. The van der Waals surface area contributed by atoms with E-state index in [2.05, 4.69) is 6.92 Å². The predicted octanol–water partition coefficient (Wildman–Crippen LogP) is 4.78. The van der Waals surface area contributed by atoms with Gasteiger partial charge >= 0.3 is 10.1 Å². The van der Waals surface area contributed by atoms with E-state index in [9.17, 15) is 17.6 Å². The molecule has 0 unspecified atom stereocenters. The van der Waals surface area contributed by atoms with E-state index in [0.29, 0.717) is 19.7 Å². The van der Waals surface area contributed by atoms with Crippen molar-refractivity contribution in [2.75, 3.05) is 20.3 Å². The molecule has 6 nitrogen and oxygen atoms in total. The number of hydrogen-bond donors (Lipinski definition) is 0. The largest absolute Gasteiger partial charge is 0.383 e. The third kappa shape index (κ3) is 7.60. The lowest BCUT2D eigenvalue weighted by atomic mass is 9.97. The zero-order chi connectivity index (χ0) is 23.6. The Hall–Kier alpha value is -2.45. The van der Waals surface area contributed by atoms with Crippen LogP contribution in [0.1, 0.15) is 45.1 Å². The second-order valence-electron chi connectivity index (χ2n) is 7.64. The van der Waals surface area contributed by atoms with Crippen molar-refractivity contribution < 1.29 is 26.5 Å². The van der Waals surface area contributed by atoms with E-state index >= 15 is 0 Å². The van der Waals surface area contributed by atoms with E-state index in [0.717, 1.165) is 55.5 Å². The van der Waals surface area contributed by atoms with Crippen molar-refractivity contribution in [3.05, 3.63) is 59.9 Å². The molecule has 8 heteroatoms. The molecule has 1 atom stereocenters. The number of halogens is 1. The number of unbranched alkanes of at least 4 members (excludes halogenated alkanes) is 1. The molecule has 0 radical (unpaired) electrons. The zero-order valence-corrected chi connectivity index (χ0v) is 19.7.